The third kappa shape index (κ3) is 6.08. The van der Waals surface area contributed by atoms with Crippen molar-refractivity contribution in [1.29, 1.82) is 0 Å². The topological polar surface area (TPSA) is 50.4 Å². The van der Waals surface area contributed by atoms with Crippen molar-refractivity contribution in [3.05, 3.63) is 96.4 Å². The number of rotatable bonds is 7. The van der Waals surface area contributed by atoms with E-state index in [1.807, 2.05) is 36.4 Å². The lowest BCUT2D eigenvalue weighted by Crippen LogP contribution is -2.30. The first-order chi connectivity index (χ1) is 15.5. The Hall–Kier alpha value is -1.97. The highest BCUT2D eigenvalue weighted by Crippen LogP contribution is 2.33. The molecule has 0 aromatic heterocycles. The minimum Gasteiger partial charge on any atom is -0.488 e. The Bertz CT molecular complexity index is 1130. The summed E-state index contributed by atoms with van der Waals surface area (Å²) >= 11 is 7.28. The first kappa shape index (κ1) is 23.2. The molecule has 3 aromatic rings. The minimum atomic E-state index is -0.218. The summed E-state index contributed by atoms with van der Waals surface area (Å²) in [7, 11) is 0. The minimum absolute atomic E-state index is 0.0961. The molecule has 32 heavy (non-hydrogen) atoms. The van der Waals surface area contributed by atoms with Gasteiger partial charge in [0.05, 0.1) is 4.91 Å². The summed E-state index contributed by atoms with van der Waals surface area (Å²) in [6.45, 7) is 2.60. The van der Waals surface area contributed by atoms with E-state index in [0.717, 1.165) is 33.5 Å². The summed E-state index contributed by atoms with van der Waals surface area (Å²) in [5.74, 6) is 0.639. The normalized spacial score (nSPS) is 16.8. The van der Waals surface area contributed by atoms with Gasteiger partial charge < -0.3 is 15.4 Å². The Morgan fingerprint density at radius 2 is 1.81 bits per heavy atom. The predicted octanol–water partition coefficient (Wildman–Crippen LogP) is 6.79. The van der Waals surface area contributed by atoms with E-state index in [9.17, 15) is 4.79 Å². The number of thioether (sulfide) groups is 1. The van der Waals surface area contributed by atoms with Crippen LogP contribution in [0.2, 0.25) is 0 Å². The molecule has 1 heterocycles. The molecule has 4 rings (SSSR count). The Morgan fingerprint density at radius 1 is 1.09 bits per heavy atom. The van der Waals surface area contributed by atoms with Gasteiger partial charge in [0.25, 0.3) is 5.91 Å². The fourth-order valence-electron chi connectivity index (χ4n) is 3.20. The molecule has 1 aliphatic rings. The van der Waals surface area contributed by atoms with Crippen LogP contribution in [0.15, 0.2) is 76.1 Å². The standard InChI is InChI=1S/C25H22BrIN2O2S/c1-2-16-5-10-21(11-6-16)28-25-29-24(30)23(32-25)14-18-13-19(26)7-12-22(18)31-15-17-3-8-20(27)9-4-17/h3-14,25,28H,2,15H2,1H3,(H,29,30)/b23-14-/t25-/m0/s1. The van der Waals surface area contributed by atoms with Crippen LogP contribution in [0.25, 0.3) is 6.08 Å². The van der Waals surface area contributed by atoms with Crippen LogP contribution < -0.4 is 15.4 Å². The lowest BCUT2D eigenvalue weighted by atomic mass is 10.1. The number of aryl methyl sites for hydroxylation is 1. The molecular formula is C25H22BrIN2O2S. The number of halogens is 2. The molecule has 0 radical (unpaired) electrons. The molecule has 3 aromatic carbocycles. The molecule has 1 fully saturated rings. The van der Waals surface area contributed by atoms with Gasteiger partial charge in [0, 0.05) is 19.3 Å². The van der Waals surface area contributed by atoms with Crippen molar-refractivity contribution in [3.8, 4) is 5.75 Å². The number of hydrogen-bond donors (Lipinski definition) is 2. The van der Waals surface area contributed by atoms with Gasteiger partial charge in [-0.2, -0.15) is 0 Å². The molecule has 7 heteroatoms. The quantitative estimate of drug-likeness (QED) is 0.225. The van der Waals surface area contributed by atoms with E-state index >= 15 is 0 Å². The average Bonchev–Trinajstić information content (AvgIpc) is 3.13. The van der Waals surface area contributed by atoms with Gasteiger partial charge in [-0.25, -0.2) is 0 Å². The Morgan fingerprint density at radius 3 is 2.53 bits per heavy atom. The Kier molecular flexibility index (Phi) is 7.80. The fraction of sp³-hybridized carbons (Fsp3) is 0.160. The molecule has 1 atom stereocenters. The molecular weight excluding hydrogens is 599 g/mol. The van der Waals surface area contributed by atoms with Crippen molar-refractivity contribution in [2.45, 2.75) is 25.4 Å². The van der Waals surface area contributed by atoms with Crippen LogP contribution in [-0.2, 0) is 17.8 Å². The van der Waals surface area contributed by atoms with E-state index in [0.29, 0.717) is 11.5 Å². The highest BCUT2D eigenvalue weighted by Gasteiger charge is 2.27. The van der Waals surface area contributed by atoms with Gasteiger partial charge in [0.2, 0.25) is 0 Å². The van der Waals surface area contributed by atoms with E-state index in [-0.39, 0.29) is 11.4 Å². The number of carbonyl (C=O) groups is 1. The van der Waals surface area contributed by atoms with E-state index < -0.39 is 0 Å². The zero-order valence-corrected chi connectivity index (χ0v) is 22.0. The van der Waals surface area contributed by atoms with Crippen molar-refractivity contribution < 1.29 is 9.53 Å². The molecule has 0 spiro atoms. The molecule has 1 saturated heterocycles. The SMILES string of the molecule is CCc1ccc(N[C@H]2NC(=O)/C(=C/c3cc(Br)ccc3OCc3ccc(I)cc3)S2)cc1. The zero-order valence-electron chi connectivity index (χ0n) is 17.4. The van der Waals surface area contributed by atoms with E-state index in [2.05, 4.69) is 92.5 Å². The van der Waals surface area contributed by atoms with Gasteiger partial charge in [0.15, 0.2) is 5.50 Å². The summed E-state index contributed by atoms with van der Waals surface area (Å²) in [6.07, 6.45) is 2.89. The monoisotopic (exact) mass is 620 g/mol. The van der Waals surface area contributed by atoms with Gasteiger partial charge >= 0.3 is 0 Å². The number of nitrogens with one attached hydrogen (secondary N) is 2. The summed E-state index contributed by atoms with van der Waals surface area (Å²) in [4.78, 5) is 13.2. The van der Waals surface area contributed by atoms with Crippen LogP contribution in [0.5, 0.6) is 5.75 Å². The van der Waals surface area contributed by atoms with Crippen molar-refractivity contribution >= 4 is 68.0 Å². The Labute approximate surface area is 214 Å². The smallest absolute Gasteiger partial charge is 0.260 e. The number of carbonyl (C=O) groups excluding carboxylic acids is 1. The number of benzene rings is 3. The van der Waals surface area contributed by atoms with Crippen LogP contribution in [0.4, 0.5) is 5.69 Å². The molecule has 0 aliphatic carbocycles. The maximum absolute atomic E-state index is 12.6. The van der Waals surface area contributed by atoms with E-state index in [1.165, 1.54) is 20.9 Å². The molecule has 0 saturated carbocycles. The van der Waals surface area contributed by atoms with Crippen LogP contribution >= 0.6 is 50.3 Å². The summed E-state index contributed by atoms with van der Waals surface area (Å²) in [5.41, 5.74) is 4.00. The summed E-state index contributed by atoms with van der Waals surface area (Å²) in [5, 5.41) is 6.35. The average molecular weight is 621 g/mol. The lowest BCUT2D eigenvalue weighted by molar-refractivity contribution is -0.116. The third-order valence-electron chi connectivity index (χ3n) is 4.96. The number of ether oxygens (including phenoxy) is 1. The van der Waals surface area contributed by atoms with Crippen molar-refractivity contribution in [2.75, 3.05) is 5.32 Å². The maximum Gasteiger partial charge on any atom is 0.260 e. The Balaban J connectivity index is 1.47. The van der Waals surface area contributed by atoms with Crippen molar-refractivity contribution in [2.24, 2.45) is 0 Å². The van der Waals surface area contributed by atoms with E-state index in [1.54, 1.807) is 0 Å². The fourth-order valence-corrected chi connectivity index (χ4v) is 4.91. The van der Waals surface area contributed by atoms with Crippen LogP contribution in [0, 0.1) is 3.57 Å². The second-order valence-electron chi connectivity index (χ2n) is 7.27. The molecule has 1 aliphatic heterocycles. The third-order valence-corrected chi connectivity index (χ3v) is 7.20. The molecule has 0 bridgehead atoms. The molecule has 1 amide bonds. The molecule has 2 N–H and O–H groups in total. The van der Waals surface area contributed by atoms with E-state index in [4.69, 9.17) is 4.74 Å². The van der Waals surface area contributed by atoms with Crippen LogP contribution in [0.3, 0.4) is 0 Å². The van der Waals surface area contributed by atoms with Gasteiger partial charge in [-0.05, 0) is 88.7 Å². The second kappa shape index (κ2) is 10.8. The second-order valence-corrected chi connectivity index (χ2v) is 10.6. The van der Waals surface area contributed by atoms with Gasteiger partial charge in [0.1, 0.15) is 12.4 Å². The molecule has 164 valence electrons. The lowest BCUT2D eigenvalue weighted by Gasteiger charge is -2.13. The highest BCUT2D eigenvalue weighted by molar-refractivity contribution is 14.1. The molecule has 0 unspecified atom stereocenters. The number of amides is 1. The van der Waals surface area contributed by atoms with Crippen molar-refractivity contribution in [3.63, 3.8) is 0 Å². The number of hydrogen-bond acceptors (Lipinski definition) is 4. The van der Waals surface area contributed by atoms with Crippen LogP contribution in [-0.4, -0.2) is 11.4 Å². The maximum atomic E-state index is 12.6. The largest absolute Gasteiger partial charge is 0.488 e. The zero-order chi connectivity index (χ0) is 22.5. The van der Waals surface area contributed by atoms with Gasteiger partial charge in [-0.3, -0.25) is 4.79 Å². The summed E-state index contributed by atoms with van der Waals surface area (Å²) in [6, 6.07) is 22.3. The van der Waals surface area contributed by atoms with Crippen molar-refractivity contribution in [1.82, 2.24) is 5.32 Å². The number of anilines is 1. The summed E-state index contributed by atoms with van der Waals surface area (Å²) < 4.78 is 8.20. The highest BCUT2D eigenvalue weighted by atomic mass is 127. The van der Waals surface area contributed by atoms with Gasteiger partial charge in [-0.15, -0.1) is 0 Å². The van der Waals surface area contributed by atoms with Gasteiger partial charge in [-0.1, -0.05) is 58.9 Å². The predicted molar refractivity (Wildman–Crippen MR) is 145 cm³/mol. The first-order valence-electron chi connectivity index (χ1n) is 10.2. The molecule has 4 nitrogen and oxygen atoms in total. The van der Waals surface area contributed by atoms with Crippen LogP contribution in [0.1, 0.15) is 23.6 Å². The first-order valence-corrected chi connectivity index (χ1v) is 13.0.